The largest absolute Gasteiger partial charge is 0.454 e. The van der Waals surface area contributed by atoms with E-state index in [0.29, 0.717) is 17.3 Å². The Bertz CT molecular complexity index is 718. The minimum absolute atomic E-state index is 0.215. The van der Waals surface area contributed by atoms with Gasteiger partial charge in [0.15, 0.2) is 17.3 Å². The summed E-state index contributed by atoms with van der Waals surface area (Å²) in [6.07, 6.45) is 5.85. The van der Waals surface area contributed by atoms with Gasteiger partial charge in [0.1, 0.15) is 5.15 Å². The number of anilines is 1. The molecule has 0 bridgehead atoms. The summed E-state index contributed by atoms with van der Waals surface area (Å²) >= 11 is 5.69. The molecule has 1 aromatic heterocycles. The van der Waals surface area contributed by atoms with Crippen LogP contribution < -0.4 is 14.8 Å². The second-order valence-electron chi connectivity index (χ2n) is 4.16. The van der Waals surface area contributed by atoms with Crippen LogP contribution in [0.4, 0.5) is 5.82 Å². The standard InChI is InChI=1S/C14H10ClN3O3/c15-12-6-16-7-13(17-12)18-14(19)4-2-9-1-3-10-11(5-9)21-8-20-10/h1-7H,8H2,(H,17,18,19)/b4-2+. The number of fused-ring (bicyclic) bond motifs is 1. The molecule has 0 aliphatic carbocycles. The number of rotatable bonds is 3. The van der Waals surface area contributed by atoms with E-state index in [0.717, 1.165) is 5.56 Å². The van der Waals surface area contributed by atoms with Gasteiger partial charge < -0.3 is 14.8 Å². The van der Waals surface area contributed by atoms with Crippen molar-refractivity contribution >= 4 is 29.4 Å². The summed E-state index contributed by atoms with van der Waals surface area (Å²) in [7, 11) is 0. The zero-order valence-electron chi connectivity index (χ0n) is 10.7. The number of carbonyl (C=O) groups excluding carboxylic acids is 1. The lowest BCUT2D eigenvalue weighted by molar-refractivity contribution is -0.111. The van der Waals surface area contributed by atoms with E-state index in [1.807, 2.05) is 6.07 Å². The lowest BCUT2D eigenvalue weighted by Crippen LogP contribution is -2.09. The SMILES string of the molecule is O=C(/C=C/c1ccc2c(c1)OCO2)Nc1cncc(Cl)n1. The maximum atomic E-state index is 11.8. The average Bonchev–Trinajstić information content (AvgIpc) is 2.92. The van der Waals surface area contributed by atoms with Crippen molar-refractivity contribution in [2.75, 3.05) is 12.1 Å². The molecular weight excluding hydrogens is 294 g/mol. The van der Waals surface area contributed by atoms with Crippen molar-refractivity contribution in [3.05, 3.63) is 47.4 Å². The number of amides is 1. The molecule has 2 heterocycles. The molecule has 0 radical (unpaired) electrons. The number of aromatic nitrogens is 2. The van der Waals surface area contributed by atoms with Crippen LogP contribution in [0.25, 0.3) is 6.08 Å². The van der Waals surface area contributed by atoms with Gasteiger partial charge in [-0.15, -0.1) is 0 Å². The van der Waals surface area contributed by atoms with Crippen molar-refractivity contribution in [3.63, 3.8) is 0 Å². The second-order valence-corrected chi connectivity index (χ2v) is 4.55. The van der Waals surface area contributed by atoms with Gasteiger partial charge in [-0.1, -0.05) is 17.7 Å². The Morgan fingerprint density at radius 1 is 1.29 bits per heavy atom. The third kappa shape index (κ3) is 3.29. The topological polar surface area (TPSA) is 73.3 Å². The monoisotopic (exact) mass is 303 g/mol. The molecule has 0 unspecified atom stereocenters. The number of hydrogen-bond acceptors (Lipinski definition) is 5. The number of nitrogens with one attached hydrogen (secondary N) is 1. The fourth-order valence-electron chi connectivity index (χ4n) is 1.76. The Kier molecular flexibility index (Phi) is 3.70. The van der Waals surface area contributed by atoms with Crippen LogP contribution >= 0.6 is 11.6 Å². The van der Waals surface area contributed by atoms with Crippen LogP contribution in [0.3, 0.4) is 0 Å². The molecule has 0 fully saturated rings. The summed E-state index contributed by atoms with van der Waals surface area (Å²) in [5, 5.41) is 2.78. The van der Waals surface area contributed by atoms with Crippen molar-refractivity contribution < 1.29 is 14.3 Å². The van der Waals surface area contributed by atoms with E-state index >= 15 is 0 Å². The maximum Gasteiger partial charge on any atom is 0.249 e. The summed E-state index contributed by atoms with van der Waals surface area (Å²) in [5.74, 6) is 1.33. The summed E-state index contributed by atoms with van der Waals surface area (Å²) in [4.78, 5) is 19.5. The van der Waals surface area contributed by atoms with Gasteiger partial charge in [0.05, 0.1) is 12.4 Å². The first-order valence-corrected chi connectivity index (χ1v) is 6.45. The Hall–Kier alpha value is -2.60. The van der Waals surface area contributed by atoms with Crippen LogP contribution in [0.2, 0.25) is 5.15 Å². The van der Waals surface area contributed by atoms with Gasteiger partial charge in [0.25, 0.3) is 0 Å². The predicted molar refractivity (Wildman–Crippen MR) is 77.3 cm³/mol. The van der Waals surface area contributed by atoms with Crippen LogP contribution in [0, 0.1) is 0 Å². The molecule has 0 spiro atoms. The number of benzene rings is 1. The molecule has 3 rings (SSSR count). The van der Waals surface area contributed by atoms with Gasteiger partial charge in [-0.2, -0.15) is 0 Å². The zero-order valence-corrected chi connectivity index (χ0v) is 11.5. The van der Waals surface area contributed by atoms with Crippen molar-refractivity contribution in [2.24, 2.45) is 0 Å². The minimum atomic E-state index is -0.329. The van der Waals surface area contributed by atoms with E-state index in [2.05, 4.69) is 15.3 Å². The smallest absolute Gasteiger partial charge is 0.249 e. The van der Waals surface area contributed by atoms with Crippen LogP contribution in [0.15, 0.2) is 36.7 Å². The lowest BCUT2D eigenvalue weighted by atomic mass is 10.2. The van der Waals surface area contributed by atoms with E-state index in [4.69, 9.17) is 21.1 Å². The highest BCUT2D eigenvalue weighted by Crippen LogP contribution is 2.32. The number of carbonyl (C=O) groups is 1. The highest BCUT2D eigenvalue weighted by Gasteiger charge is 2.12. The van der Waals surface area contributed by atoms with E-state index in [-0.39, 0.29) is 17.9 Å². The molecular formula is C14H10ClN3O3. The van der Waals surface area contributed by atoms with Crippen LogP contribution in [-0.4, -0.2) is 22.7 Å². The molecule has 1 N–H and O–H groups in total. The van der Waals surface area contributed by atoms with E-state index in [9.17, 15) is 4.79 Å². The second kappa shape index (κ2) is 5.80. The summed E-state index contributed by atoms with van der Waals surface area (Å²) in [6.45, 7) is 0.219. The van der Waals surface area contributed by atoms with Gasteiger partial charge >= 0.3 is 0 Å². The fraction of sp³-hybridized carbons (Fsp3) is 0.0714. The first kappa shape index (κ1) is 13.4. The molecule has 1 aliphatic rings. The number of ether oxygens (including phenoxy) is 2. The van der Waals surface area contributed by atoms with Crippen LogP contribution in [-0.2, 0) is 4.79 Å². The Balaban J connectivity index is 1.67. The van der Waals surface area contributed by atoms with Gasteiger partial charge in [0, 0.05) is 6.08 Å². The molecule has 0 atom stereocenters. The molecule has 0 saturated heterocycles. The molecule has 1 aromatic carbocycles. The lowest BCUT2D eigenvalue weighted by Gasteiger charge is -2.00. The number of hydrogen-bond donors (Lipinski definition) is 1. The average molecular weight is 304 g/mol. The normalized spacial score (nSPS) is 12.6. The van der Waals surface area contributed by atoms with E-state index < -0.39 is 0 Å². The molecule has 7 heteroatoms. The Morgan fingerprint density at radius 2 is 2.14 bits per heavy atom. The summed E-state index contributed by atoms with van der Waals surface area (Å²) in [6, 6.07) is 5.42. The van der Waals surface area contributed by atoms with Crippen LogP contribution in [0.1, 0.15) is 5.56 Å². The van der Waals surface area contributed by atoms with Gasteiger partial charge in [-0.3, -0.25) is 9.78 Å². The van der Waals surface area contributed by atoms with Crippen molar-refractivity contribution in [3.8, 4) is 11.5 Å². The van der Waals surface area contributed by atoms with Gasteiger partial charge in [0.2, 0.25) is 12.7 Å². The molecule has 1 aliphatic heterocycles. The molecule has 6 nitrogen and oxygen atoms in total. The fourth-order valence-corrected chi connectivity index (χ4v) is 1.91. The van der Waals surface area contributed by atoms with E-state index in [1.54, 1.807) is 18.2 Å². The van der Waals surface area contributed by atoms with Crippen molar-refractivity contribution in [1.82, 2.24) is 9.97 Å². The van der Waals surface area contributed by atoms with Crippen LogP contribution in [0.5, 0.6) is 11.5 Å². The maximum absolute atomic E-state index is 11.8. The first-order chi connectivity index (χ1) is 10.2. The highest BCUT2D eigenvalue weighted by molar-refractivity contribution is 6.29. The van der Waals surface area contributed by atoms with Crippen molar-refractivity contribution in [1.29, 1.82) is 0 Å². The van der Waals surface area contributed by atoms with Gasteiger partial charge in [-0.25, -0.2) is 4.98 Å². The summed E-state index contributed by atoms with van der Waals surface area (Å²) in [5.41, 5.74) is 0.826. The molecule has 21 heavy (non-hydrogen) atoms. The van der Waals surface area contributed by atoms with E-state index in [1.165, 1.54) is 18.5 Å². The minimum Gasteiger partial charge on any atom is -0.454 e. The Morgan fingerprint density at radius 3 is 3.00 bits per heavy atom. The molecule has 2 aromatic rings. The van der Waals surface area contributed by atoms with Crippen molar-refractivity contribution in [2.45, 2.75) is 0 Å². The number of halogens is 1. The number of nitrogens with zero attached hydrogens (tertiary/aromatic N) is 2. The van der Waals surface area contributed by atoms with Gasteiger partial charge in [-0.05, 0) is 23.8 Å². The molecule has 0 saturated carbocycles. The third-order valence-electron chi connectivity index (χ3n) is 2.68. The highest BCUT2D eigenvalue weighted by atomic mass is 35.5. The predicted octanol–water partition coefficient (Wildman–Crippen LogP) is 2.51. The quantitative estimate of drug-likeness (QED) is 0.882. The Labute approximate surface area is 125 Å². The summed E-state index contributed by atoms with van der Waals surface area (Å²) < 4.78 is 10.5. The third-order valence-corrected chi connectivity index (χ3v) is 2.86. The molecule has 106 valence electrons. The first-order valence-electron chi connectivity index (χ1n) is 6.07. The molecule has 1 amide bonds. The zero-order chi connectivity index (χ0) is 14.7.